The van der Waals surface area contributed by atoms with E-state index in [4.69, 9.17) is 23.7 Å². The molecule has 5 rings (SSSR count). The van der Waals surface area contributed by atoms with Crippen molar-refractivity contribution in [1.29, 1.82) is 0 Å². The fourth-order valence-electron chi connectivity index (χ4n) is 4.76. The standard InChI is InChI=1S/C29H31NO5/c1-18-12-24-25(35-17-34-24)13-21(18)10-11-23-22-14-26(31-3)28(33-16-20-8-6-5-7-9-20)29(32-4)27(22)19(2)15-30-23/h5-14,19,23,30H,15-17H2,1-4H3/b11-10+. The number of aryl methyl sites for hydroxylation is 1. The fraction of sp³-hybridized carbons (Fsp3) is 0.310. The minimum atomic E-state index is -0.00278. The average Bonchev–Trinajstić information content (AvgIpc) is 3.33. The molecule has 6 nitrogen and oxygen atoms in total. The Balaban J connectivity index is 1.49. The normalized spacial score (nSPS) is 18.4. The third kappa shape index (κ3) is 4.54. The summed E-state index contributed by atoms with van der Waals surface area (Å²) in [7, 11) is 3.36. The highest BCUT2D eigenvalue weighted by Crippen LogP contribution is 2.48. The van der Waals surface area contributed by atoms with E-state index in [9.17, 15) is 0 Å². The van der Waals surface area contributed by atoms with Crippen LogP contribution in [0, 0.1) is 6.92 Å². The zero-order valence-electron chi connectivity index (χ0n) is 20.6. The lowest BCUT2D eigenvalue weighted by Gasteiger charge is -2.32. The molecule has 0 radical (unpaired) electrons. The molecule has 0 bridgehead atoms. The van der Waals surface area contributed by atoms with Gasteiger partial charge in [0.1, 0.15) is 6.61 Å². The molecule has 6 heteroatoms. The van der Waals surface area contributed by atoms with Gasteiger partial charge in [-0.25, -0.2) is 0 Å². The maximum absolute atomic E-state index is 6.26. The summed E-state index contributed by atoms with van der Waals surface area (Å²) in [6.45, 7) is 5.80. The smallest absolute Gasteiger partial charge is 0.231 e. The first kappa shape index (κ1) is 23.1. The number of fused-ring (bicyclic) bond motifs is 2. The van der Waals surface area contributed by atoms with Gasteiger partial charge in [-0.05, 0) is 53.3 Å². The SMILES string of the molecule is COc1cc2c(c(OC)c1OCc1ccccc1)C(C)CNC2/C=C/c1cc2c(cc1C)OCO2. The molecule has 2 atom stereocenters. The topological polar surface area (TPSA) is 58.2 Å². The number of nitrogens with one attached hydrogen (secondary N) is 1. The van der Waals surface area contributed by atoms with Crippen LogP contribution in [-0.4, -0.2) is 27.6 Å². The summed E-state index contributed by atoms with van der Waals surface area (Å²) < 4.78 is 29.0. The number of benzene rings is 3. The third-order valence-electron chi connectivity index (χ3n) is 6.62. The van der Waals surface area contributed by atoms with Gasteiger partial charge in [0, 0.05) is 12.1 Å². The van der Waals surface area contributed by atoms with E-state index in [2.05, 4.69) is 37.4 Å². The minimum Gasteiger partial charge on any atom is -0.493 e. The highest BCUT2D eigenvalue weighted by molar-refractivity contribution is 5.65. The van der Waals surface area contributed by atoms with Crippen molar-refractivity contribution >= 4 is 6.08 Å². The first-order valence-electron chi connectivity index (χ1n) is 11.9. The van der Waals surface area contributed by atoms with E-state index in [0.717, 1.165) is 51.6 Å². The van der Waals surface area contributed by atoms with Gasteiger partial charge in [-0.2, -0.15) is 0 Å². The fourth-order valence-corrected chi connectivity index (χ4v) is 4.76. The Hall–Kier alpha value is -3.64. The van der Waals surface area contributed by atoms with E-state index in [1.807, 2.05) is 42.5 Å². The lowest BCUT2D eigenvalue weighted by molar-refractivity contribution is 0.174. The molecule has 3 aromatic rings. The quantitative estimate of drug-likeness (QED) is 0.469. The van der Waals surface area contributed by atoms with Crippen LogP contribution in [0.2, 0.25) is 0 Å². The monoisotopic (exact) mass is 473 g/mol. The van der Waals surface area contributed by atoms with Gasteiger partial charge < -0.3 is 29.0 Å². The number of ether oxygens (including phenoxy) is 5. The Kier molecular flexibility index (Phi) is 6.55. The number of methoxy groups -OCH3 is 2. The van der Waals surface area contributed by atoms with E-state index in [0.29, 0.717) is 18.1 Å². The van der Waals surface area contributed by atoms with Crippen molar-refractivity contribution in [3.63, 3.8) is 0 Å². The van der Waals surface area contributed by atoms with Gasteiger partial charge in [0.25, 0.3) is 0 Å². The molecule has 0 saturated heterocycles. The van der Waals surface area contributed by atoms with Crippen molar-refractivity contribution < 1.29 is 23.7 Å². The first-order valence-corrected chi connectivity index (χ1v) is 11.9. The summed E-state index contributed by atoms with van der Waals surface area (Å²) >= 11 is 0. The molecule has 0 aliphatic carbocycles. The highest BCUT2D eigenvalue weighted by Gasteiger charge is 2.31. The predicted octanol–water partition coefficient (Wildman–Crippen LogP) is 5.78. The summed E-state index contributed by atoms with van der Waals surface area (Å²) in [4.78, 5) is 0. The Morgan fingerprint density at radius 2 is 1.77 bits per heavy atom. The van der Waals surface area contributed by atoms with Crippen molar-refractivity contribution in [2.75, 3.05) is 27.6 Å². The molecule has 2 aliphatic heterocycles. The van der Waals surface area contributed by atoms with Crippen molar-refractivity contribution in [2.24, 2.45) is 0 Å². The Morgan fingerprint density at radius 1 is 1.00 bits per heavy atom. The summed E-state index contributed by atoms with van der Waals surface area (Å²) in [5.74, 6) is 3.87. The van der Waals surface area contributed by atoms with E-state index in [1.54, 1.807) is 14.2 Å². The van der Waals surface area contributed by atoms with Crippen LogP contribution < -0.4 is 29.0 Å². The summed E-state index contributed by atoms with van der Waals surface area (Å²) in [5.41, 5.74) is 5.59. The molecule has 0 amide bonds. The number of hydrogen-bond donors (Lipinski definition) is 1. The third-order valence-corrected chi connectivity index (χ3v) is 6.62. The zero-order chi connectivity index (χ0) is 24.4. The Labute approximate surface area is 206 Å². The second-order valence-corrected chi connectivity index (χ2v) is 8.93. The van der Waals surface area contributed by atoms with Crippen LogP contribution in [-0.2, 0) is 6.61 Å². The summed E-state index contributed by atoms with van der Waals surface area (Å²) in [5, 5.41) is 3.65. The van der Waals surface area contributed by atoms with Crippen LogP contribution in [0.3, 0.4) is 0 Å². The molecule has 1 N–H and O–H groups in total. The minimum absolute atomic E-state index is 0.00278. The largest absolute Gasteiger partial charge is 0.493 e. The molecular weight excluding hydrogens is 442 g/mol. The van der Waals surface area contributed by atoms with E-state index >= 15 is 0 Å². The first-order chi connectivity index (χ1) is 17.1. The van der Waals surface area contributed by atoms with Crippen LogP contribution in [0.25, 0.3) is 6.08 Å². The lowest BCUT2D eigenvalue weighted by atomic mass is 9.85. The van der Waals surface area contributed by atoms with E-state index < -0.39 is 0 Å². The number of hydrogen-bond acceptors (Lipinski definition) is 6. The molecule has 0 spiro atoms. The van der Waals surface area contributed by atoms with Crippen LogP contribution in [0.15, 0.2) is 54.6 Å². The lowest BCUT2D eigenvalue weighted by Crippen LogP contribution is -2.31. The molecule has 35 heavy (non-hydrogen) atoms. The van der Waals surface area contributed by atoms with Crippen LogP contribution in [0.4, 0.5) is 0 Å². The summed E-state index contributed by atoms with van der Waals surface area (Å²) in [6, 6.07) is 16.2. The van der Waals surface area contributed by atoms with Crippen molar-refractivity contribution in [2.45, 2.75) is 32.4 Å². The molecule has 2 heterocycles. The van der Waals surface area contributed by atoms with Crippen molar-refractivity contribution in [1.82, 2.24) is 5.32 Å². The molecule has 0 fully saturated rings. The van der Waals surface area contributed by atoms with Gasteiger partial charge in [0.05, 0.1) is 20.3 Å². The Morgan fingerprint density at radius 3 is 2.51 bits per heavy atom. The molecule has 2 unspecified atom stereocenters. The molecule has 0 aromatic heterocycles. The van der Waals surface area contributed by atoms with Gasteiger partial charge >= 0.3 is 0 Å². The maximum atomic E-state index is 6.26. The molecule has 182 valence electrons. The van der Waals surface area contributed by atoms with Crippen LogP contribution in [0.5, 0.6) is 28.7 Å². The average molecular weight is 474 g/mol. The number of rotatable bonds is 7. The van der Waals surface area contributed by atoms with Crippen molar-refractivity contribution in [3.05, 3.63) is 82.4 Å². The Bertz CT molecular complexity index is 1240. The van der Waals surface area contributed by atoms with Crippen molar-refractivity contribution in [3.8, 4) is 28.7 Å². The zero-order valence-corrected chi connectivity index (χ0v) is 20.6. The van der Waals surface area contributed by atoms with Crippen LogP contribution in [0.1, 0.15) is 46.7 Å². The second-order valence-electron chi connectivity index (χ2n) is 8.93. The van der Waals surface area contributed by atoms with Gasteiger partial charge in [-0.15, -0.1) is 0 Å². The van der Waals surface area contributed by atoms with Gasteiger partial charge in [-0.3, -0.25) is 0 Å². The van der Waals surface area contributed by atoms with Gasteiger partial charge in [0.2, 0.25) is 12.5 Å². The van der Waals surface area contributed by atoms with E-state index in [1.165, 1.54) is 0 Å². The second kappa shape index (κ2) is 9.92. The molecule has 0 saturated carbocycles. The predicted molar refractivity (Wildman–Crippen MR) is 136 cm³/mol. The van der Waals surface area contributed by atoms with Crippen LogP contribution >= 0.6 is 0 Å². The van der Waals surface area contributed by atoms with Gasteiger partial charge in [0.15, 0.2) is 23.0 Å². The molecular formula is C29H31NO5. The highest BCUT2D eigenvalue weighted by atomic mass is 16.7. The summed E-state index contributed by atoms with van der Waals surface area (Å²) in [6.07, 6.45) is 4.31. The molecule has 2 aliphatic rings. The van der Waals surface area contributed by atoms with E-state index in [-0.39, 0.29) is 18.8 Å². The van der Waals surface area contributed by atoms with Gasteiger partial charge in [-0.1, -0.05) is 49.4 Å². The molecule has 3 aromatic carbocycles. The maximum Gasteiger partial charge on any atom is 0.231 e.